The summed E-state index contributed by atoms with van der Waals surface area (Å²) >= 11 is 0. The van der Waals surface area contributed by atoms with Crippen molar-refractivity contribution in [2.24, 2.45) is 0 Å². The maximum absolute atomic E-state index is 10.1. The quantitative estimate of drug-likeness (QED) is 0.769. The van der Waals surface area contributed by atoms with E-state index in [1.807, 2.05) is 19.1 Å². The number of ether oxygens (including phenoxy) is 3. The van der Waals surface area contributed by atoms with Crippen LogP contribution in [-0.2, 0) is 15.9 Å². The van der Waals surface area contributed by atoms with Crippen molar-refractivity contribution in [2.75, 3.05) is 27.4 Å². The van der Waals surface area contributed by atoms with Crippen LogP contribution in [-0.4, -0.2) is 49.9 Å². The molecule has 1 aliphatic heterocycles. The Morgan fingerprint density at radius 2 is 1.76 bits per heavy atom. The summed E-state index contributed by atoms with van der Waals surface area (Å²) in [5.41, 5.74) is 4.77. The molecule has 2 aromatic rings. The Hall–Kier alpha value is -1.92. The second kappa shape index (κ2) is 11.9. The summed E-state index contributed by atoms with van der Waals surface area (Å²) in [4.78, 5) is 0. The van der Waals surface area contributed by atoms with Crippen LogP contribution < -0.4 is 4.74 Å². The SMILES string of the molecule is CCOc1ccc(Cc2cc([C@H]3CC(O)C[C@@H](CO)O3)ccc2C)cc1.COC. The molecule has 3 rings (SSSR count). The molecule has 1 aliphatic rings. The van der Waals surface area contributed by atoms with E-state index in [1.165, 1.54) is 16.7 Å². The molecule has 1 unspecified atom stereocenters. The molecule has 160 valence electrons. The minimum absolute atomic E-state index is 0.0571. The van der Waals surface area contributed by atoms with Gasteiger partial charge in [0.05, 0.1) is 31.5 Å². The first-order chi connectivity index (χ1) is 14.0. The van der Waals surface area contributed by atoms with Crippen LogP contribution in [0.4, 0.5) is 0 Å². The van der Waals surface area contributed by atoms with E-state index >= 15 is 0 Å². The molecule has 0 saturated carbocycles. The topological polar surface area (TPSA) is 68.2 Å². The van der Waals surface area contributed by atoms with Crippen molar-refractivity contribution in [2.45, 2.75) is 51.4 Å². The van der Waals surface area contributed by atoms with Crippen molar-refractivity contribution in [1.29, 1.82) is 0 Å². The number of hydrogen-bond acceptors (Lipinski definition) is 5. The van der Waals surface area contributed by atoms with E-state index < -0.39 is 6.10 Å². The zero-order valence-corrected chi connectivity index (χ0v) is 17.9. The second-order valence-corrected chi connectivity index (χ2v) is 7.40. The van der Waals surface area contributed by atoms with Gasteiger partial charge >= 0.3 is 0 Å². The maximum Gasteiger partial charge on any atom is 0.119 e. The average Bonchev–Trinajstić information content (AvgIpc) is 2.71. The number of rotatable bonds is 6. The van der Waals surface area contributed by atoms with E-state index in [9.17, 15) is 10.2 Å². The summed E-state index contributed by atoms with van der Waals surface area (Å²) in [5, 5.41) is 19.4. The van der Waals surface area contributed by atoms with E-state index in [-0.39, 0.29) is 18.8 Å². The molecule has 1 saturated heterocycles. The van der Waals surface area contributed by atoms with Gasteiger partial charge < -0.3 is 24.4 Å². The van der Waals surface area contributed by atoms with Gasteiger partial charge in [0, 0.05) is 27.1 Å². The van der Waals surface area contributed by atoms with Gasteiger partial charge in [-0.25, -0.2) is 0 Å². The van der Waals surface area contributed by atoms with E-state index in [0.717, 1.165) is 17.7 Å². The molecule has 0 aliphatic carbocycles. The molecule has 2 N–H and O–H groups in total. The third kappa shape index (κ3) is 7.12. The van der Waals surface area contributed by atoms with E-state index in [2.05, 4.69) is 42.0 Å². The van der Waals surface area contributed by atoms with E-state index in [0.29, 0.717) is 19.4 Å². The lowest BCUT2D eigenvalue weighted by molar-refractivity contribution is -0.113. The number of aliphatic hydroxyl groups excluding tert-OH is 2. The zero-order chi connectivity index (χ0) is 21.2. The van der Waals surface area contributed by atoms with Crippen LogP contribution in [0.5, 0.6) is 5.75 Å². The number of aryl methyl sites for hydroxylation is 1. The Bertz CT molecular complexity index is 729. The lowest BCUT2D eigenvalue weighted by Gasteiger charge is -2.32. The van der Waals surface area contributed by atoms with Gasteiger partial charge in [0.2, 0.25) is 0 Å². The van der Waals surface area contributed by atoms with Gasteiger partial charge in [0.1, 0.15) is 5.75 Å². The third-order valence-electron chi connectivity index (χ3n) is 4.96. The highest BCUT2D eigenvalue weighted by Crippen LogP contribution is 2.32. The van der Waals surface area contributed by atoms with Crippen molar-refractivity contribution in [1.82, 2.24) is 0 Å². The molecular weight excluding hydrogens is 368 g/mol. The van der Waals surface area contributed by atoms with E-state index in [1.54, 1.807) is 14.2 Å². The first-order valence-corrected chi connectivity index (χ1v) is 10.2. The Morgan fingerprint density at radius 1 is 1.07 bits per heavy atom. The van der Waals surface area contributed by atoms with Crippen molar-refractivity contribution in [3.63, 3.8) is 0 Å². The molecule has 29 heavy (non-hydrogen) atoms. The van der Waals surface area contributed by atoms with Crippen LogP contribution in [0.3, 0.4) is 0 Å². The summed E-state index contributed by atoms with van der Waals surface area (Å²) in [7, 11) is 3.25. The van der Waals surface area contributed by atoms with Crippen molar-refractivity contribution < 1.29 is 24.4 Å². The van der Waals surface area contributed by atoms with Crippen LogP contribution in [0.15, 0.2) is 42.5 Å². The molecule has 3 atom stereocenters. The van der Waals surface area contributed by atoms with E-state index in [4.69, 9.17) is 9.47 Å². The largest absolute Gasteiger partial charge is 0.494 e. The van der Waals surface area contributed by atoms with Crippen molar-refractivity contribution in [3.05, 3.63) is 64.7 Å². The monoisotopic (exact) mass is 402 g/mol. The first-order valence-electron chi connectivity index (χ1n) is 10.2. The first kappa shape index (κ1) is 23.4. The number of hydrogen-bond donors (Lipinski definition) is 2. The molecule has 0 aromatic heterocycles. The Kier molecular flexibility index (Phi) is 9.61. The van der Waals surface area contributed by atoms with Gasteiger partial charge in [0.25, 0.3) is 0 Å². The lowest BCUT2D eigenvalue weighted by Crippen LogP contribution is -2.33. The fourth-order valence-corrected chi connectivity index (χ4v) is 3.49. The standard InChI is InChI=1S/C22H28O4.C2H6O/c1-3-25-20-8-5-16(6-9-20)10-18-11-17(7-4-15(18)2)22-13-19(24)12-21(14-23)26-22;1-3-2/h4-9,11,19,21-24H,3,10,12-14H2,1-2H3;1-2H3/t19?,21-,22+;/m0./s1. The minimum atomic E-state index is -0.429. The summed E-state index contributed by atoms with van der Waals surface area (Å²) in [6.45, 7) is 4.70. The summed E-state index contributed by atoms with van der Waals surface area (Å²) in [5.74, 6) is 0.890. The van der Waals surface area contributed by atoms with Gasteiger partial charge in [-0.05, 0) is 54.7 Å². The molecule has 5 heteroatoms. The highest BCUT2D eigenvalue weighted by atomic mass is 16.5. The smallest absolute Gasteiger partial charge is 0.119 e. The van der Waals surface area contributed by atoms with Gasteiger partial charge in [-0.1, -0.05) is 30.3 Å². The summed E-state index contributed by atoms with van der Waals surface area (Å²) in [6.07, 6.45) is 1.02. The van der Waals surface area contributed by atoms with Crippen LogP contribution in [0.2, 0.25) is 0 Å². The maximum atomic E-state index is 10.1. The van der Waals surface area contributed by atoms with Gasteiger partial charge in [-0.2, -0.15) is 0 Å². The lowest BCUT2D eigenvalue weighted by atomic mass is 9.92. The number of benzene rings is 2. The fourth-order valence-electron chi connectivity index (χ4n) is 3.49. The normalized spacial score (nSPS) is 21.2. The summed E-state index contributed by atoms with van der Waals surface area (Å²) in [6, 6.07) is 14.5. The van der Waals surface area contributed by atoms with Crippen LogP contribution >= 0.6 is 0 Å². The van der Waals surface area contributed by atoms with Gasteiger partial charge in [-0.15, -0.1) is 0 Å². The predicted octanol–water partition coefficient (Wildman–Crippen LogP) is 3.82. The van der Waals surface area contributed by atoms with Crippen molar-refractivity contribution >= 4 is 0 Å². The Labute approximate surface area is 174 Å². The molecule has 0 bridgehead atoms. The zero-order valence-electron chi connectivity index (χ0n) is 17.9. The van der Waals surface area contributed by atoms with Gasteiger partial charge in [0.15, 0.2) is 0 Å². The van der Waals surface area contributed by atoms with Crippen LogP contribution in [0, 0.1) is 6.92 Å². The van der Waals surface area contributed by atoms with Gasteiger partial charge in [-0.3, -0.25) is 0 Å². The molecule has 1 fully saturated rings. The Morgan fingerprint density at radius 3 is 2.38 bits per heavy atom. The van der Waals surface area contributed by atoms with Crippen molar-refractivity contribution in [3.8, 4) is 5.75 Å². The second-order valence-electron chi connectivity index (χ2n) is 7.40. The molecule has 5 nitrogen and oxygen atoms in total. The highest BCUT2D eigenvalue weighted by Gasteiger charge is 2.29. The highest BCUT2D eigenvalue weighted by molar-refractivity contribution is 5.38. The molecule has 0 amide bonds. The number of aliphatic hydroxyl groups is 2. The van der Waals surface area contributed by atoms with Crippen LogP contribution in [0.1, 0.15) is 48.1 Å². The fraction of sp³-hybridized carbons (Fsp3) is 0.500. The average molecular weight is 403 g/mol. The minimum Gasteiger partial charge on any atom is -0.494 e. The third-order valence-corrected chi connectivity index (χ3v) is 4.96. The predicted molar refractivity (Wildman–Crippen MR) is 114 cm³/mol. The molecule has 0 radical (unpaired) electrons. The summed E-state index contributed by atoms with van der Waals surface area (Å²) < 4.78 is 15.7. The van der Waals surface area contributed by atoms with Crippen LogP contribution in [0.25, 0.3) is 0 Å². The molecule has 0 spiro atoms. The number of methoxy groups -OCH3 is 1. The Balaban J connectivity index is 0.000000941. The molecule has 2 aromatic carbocycles. The molecular formula is C24H34O5. The molecule has 1 heterocycles.